The van der Waals surface area contributed by atoms with Gasteiger partial charge in [-0.25, -0.2) is 0 Å². The Balaban J connectivity index is 1.14. The SMILES string of the molecule is CCCCCCCCCCCCCCCCCc1c(Br)sc2c1sc1c(C)c3c(sc4c(C)c(Br)sc43)c(C)c12. The maximum atomic E-state index is 3.98. The van der Waals surface area contributed by atoms with Crippen molar-refractivity contribution in [1.82, 2.24) is 0 Å². The molecule has 6 heteroatoms. The highest BCUT2D eigenvalue weighted by Crippen LogP contribution is 2.53. The zero-order chi connectivity index (χ0) is 28.2. The molecule has 0 saturated carbocycles. The summed E-state index contributed by atoms with van der Waals surface area (Å²) in [6.07, 6.45) is 22.6. The quantitative estimate of drug-likeness (QED) is 0.0884. The summed E-state index contributed by atoms with van der Waals surface area (Å²) >= 11 is 15.7. The predicted octanol–water partition coefficient (Wildman–Crippen LogP) is 15.4. The average molecular weight is 741 g/mol. The number of halogens is 2. The van der Waals surface area contributed by atoms with Gasteiger partial charge in [-0.3, -0.25) is 0 Å². The van der Waals surface area contributed by atoms with Crippen LogP contribution in [0.1, 0.15) is 125 Å². The van der Waals surface area contributed by atoms with E-state index >= 15 is 0 Å². The smallest absolute Gasteiger partial charge is 0.0751 e. The van der Waals surface area contributed by atoms with Crippen LogP contribution in [0.25, 0.3) is 39.0 Å². The Hall–Kier alpha value is 0.0200. The highest BCUT2D eigenvalue weighted by Gasteiger charge is 2.23. The predicted molar refractivity (Wildman–Crippen MR) is 196 cm³/mol. The number of fused-ring (bicyclic) bond motifs is 6. The van der Waals surface area contributed by atoms with E-state index < -0.39 is 0 Å². The minimum Gasteiger partial charge on any atom is -0.134 e. The highest BCUT2D eigenvalue weighted by molar-refractivity contribution is 9.11. The molecule has 0 radical (unpaired) electrons. The number of unbranched alkanes of at least 4 members (excludes halogenated alkanes) is 14. The molecule has 0 nitrogen and oxygen atoms in total. The molecule has 0 spiro atoms. The van der Waals surface area contributed by atoms with E-state index in [0.717, 1.165) is 0 Å². The van der Waals surface area contributed by atoms with Gasteiger partial charge in [0.15, 0.2) is 0 Å². The molecule has 0 atom stereocenters. The molecule has 0 N–H and O–H groups in total. The van der Waals surface area contributed by atoms with Crippen LogP contribution in [0.2, 0.25) is 0 Å². The lowest BCUT2D eigenvalue weighted by atomic mass is 10.0. The van der Waals surface area contributed by atoms with Crippen molar-refractivity contribution in [3.8, 4) is 0 Å². The summed E-state index contributed by atoms with van der Waals surface area (Å²) in [6.45, 7) is 9.28. The van der Waals surface area contributed by atoms with Gasteiger partial charge in [0, 0.05) is 20.2 Å². The molecule has 0 amide bonds. The first-order valence-corrected chi connectivity index (χ1v) is 20.4. The second-order valence-corrected chi connectivity index (χ2v) is 18.5. The molecule has 4 aromatic heterocycles. The van der Waals surface area contributed by atoms with Crippen molar-refractivity contribution in [3.63, 3.8) is 0 Å². The van der Waals surface area contributed by atoms with E-state index in [4.69, 9.17) is 0 Å². The summed E-state index contributed by atoms with van der Waals surface area (Å²) in [4.78, 5) is 0. The average Bonchev–Trinajstić information content (AvgIpc) is 3.65. The Morgan fingerprint density at radius 2 is 0.850 bits per heavy atom. The summed E-state index contributed by atoms with van der Waals surface area (Å²) in [6, 6.07) is 0. The molecule has 5 aromatic rings. The summed E-state index contributed by atoms with van der Waals surface area (Å²) in [5.74, 6) is 0. The standard InChI is InChI=1S/C34H44Br2S4/c1-5-6-7-8-9-10-11-12-13-14-15-16-17-18-19-20-24-30-32(40-34(24)36)26-22(3)27-25(21(2)28(26)38-30)31-29(37-27)23(4)33(35)39-31/h5-20H2,1-4H3. The van der Waals surface area contributed by atoms with Crippen molar-refractivity contribution < 1.29 is 0 Å². The largest absolute Gasteiger partial charge is 0.134 e. The Morgan fingerprint density at radius 3 is 1.38 bits per heavy atom. The van der Waals surface area contributed by atoms with Gasteiger partial charge in [-0.2, -0.15) is 0 Å². The molecule has 5 rings (SSSR count). The van der Waals surface area contributed by atoms with Gasteiger partial charge in [0.1, 0.15) is 0 Å². The van der Waals surface area contributed by atoms with Crippen molar-refractivity contribution in [1.29, 1.82) is 0 Å². The van der Waals surface area contributed by atoms with Crippen LogP contribution < -0.4 is 0 Å². The summed E-state index contributed by atoms with van der Waals surface area (Å²) in [5.41, 5.74) is 5.94. The molecule has 1 aromatic carbocycles. The molecule has 0 saturated heterocycles. The van der Waals surface area contributed by atoms with Crippen LogP contribution in [0.3, 0.4) is 0 Å². The van der Waals surface area contributed by atoms with E-state index in [2.05, 4.69) is 70.9 Å². The summed E-state index contributed by atoms with van der Waals surface area (Å²) in [5, 5.41) is 3.02. The fourth-order valence-electron chi connectivity index (χ4n) is 6.29. The summed E-state index contributed by atoms with van der Waals surface area (Å²) in [7, 11) is 0. The molecular weight excluding hydrogens is 696 g/mol. The molecule has 40 heavy (non-hydrogen) atoms. The Kier molecular flexibility index (Phi) is 11.5. The second kappa shape index (κ2) is 14.7. The van der Waals surface area contributed by atoms with Crippen molar-refractivity contribution in [2.24, 2.45) is 0 Å². The zero-order valence-corrected chi connectivity index (χ0v) is 31.1. The van der Waals surface area contributed by atoms with Crippen LogP contribution in [-0.4, -0.2) is 0 Å². The van der Waals surface area contributed by atoms with E-state index in [9.17, 15) is 0 Å². The van der Waals surface area contributed by atoms with Crippen LogP contribution in [0.4, 0.5) is 0 Å². The van der Waals surface area contributed by atoms with Gasteiger partial charge in [0.05, 0.1) is 26.4 Å². The van der Waals surface area contributed by atoms with Gasteiger partial charge in [-0.15, -0.1) is 45.3 Å². The molecule has 218 valence electrons. The lowest BCUT2D eigenvalue weighted by Crippen LogP contribution is -1.86. The van der Waals surface area contributed by atoms with Crippen molar-refractivity contribution in [2.75, 3.05) is 0 Å². The third-order valence-electron chi connectivity index (χ3n) is 8.72. The molecule has 0 fully saturated rings. The Bertz CT molecular complexity index is 1580. The minimum atomic E-state index is 1.21. The van der Waals surface area contributed by atoms with Crippen LogP contribution in [0.5, 0.6) is 0 Å². The number of thiophene rings is 4. The molecular formula is C34H44Br2S4. The molecule has 0 aliphatic heterocycles. The third-order valence-corrected chi connectivity index (χ3v) is 16.0. The topological polar surface area (TPSA) is 0 Å². The lowest BCUT2D eigenvalue weighted by molar-refractivity contribution is 0.532. The van der Waals surface area contributed by atoms with E-state index in [-0.39, 0.29) is 0 Å². The Morgan fingerprint density at radius 1 is 0.425 bits per heavy atom. The first kappa shape index (κ1) is 31.4. The van der Waals surface area contributed by atoms with E-state index in [1.165, 1.54) is 161 Å². The van der Waals surface area contributed by atoms with Crippen LogP contribution >= 0.6 is 77.2 Å². The number of aryl methyl sites for hydroxylation is 4. The fraction of sp³-hybridized carbons (Fsp3) is 0.588. The number of benzene rings is 1. The lowest BCUT2D eigenvalue weighted by Gasteiger charge is -2.05. The van der Waals surface area contributed by atoms with Crippen LogP contribution in [0, 0.1) is 20.8 Å². The molecule has 0 unspecified atom stereocenters. The van der Waals surface area contributed by atoms with Crippen molar-refractivity contribution in [2.45, 2.75) is 130 Å². The molecule has 0 aliphatic carbocycles. The highest BCUT2D eigenvalue weighted by atomic mass is 79.9. The van der Waals surface area contributed by atoms with Gasteiger partial charge >= 0.3 is 0 Å². The molecule has 0 bridgehead atoms. The maximum Gasteiger partial charge on any atom is 0.0751 e. The first-order valence-electron chi connectivity index (χ1n) is 15.6. The summed E-state index contributed by atoms with van der Waals surface area (Å²) < 4.78 is 11.7. The van der Waals surface area contributed by atoms with Gasteiger partial charge in [0.25, 0.3) is 0 Å². The minimum absolute atomic E-state index is 1.21. The number of hydrogen-bond donors (Lipinski definition) is 0. The van der Waals surface area contributed by atoms with Crippen LogP contribution in [0.15, 0.2) is 7.57 Å². The molecule has 0 aliphatic rings. The first-order chi connectivity index (χ1) is 19.4. The van der Waals surface area contributed by atoms with E-state index in [1.807, 2.05) is 34.0 Å². The number of hydrogen-bond acceptors (Lipinski definition) is 4. The third kappa shape index (κ3) is 6.58. The van der Waals surface area contributed by atoms with Gasteiger partial charge in [-0.05, 0) is 87.7 Å². The van der Waals surface area contributed by atoms with Gasteiger partial charge in [0.2, 0.25) is 0 Å². The Labute approximate surface area is 274 Å². The van der Waals surface area contributed by atoms with Gasteiger partial charge in [-0.1, -0.05) is 96.8 Å². The van der Waals surface area contributed by atoms with Crippen molar-refractivity contribution in [3.05, 3.63) is 29.8 Å². The number of rotatable bonds is 16. The van der Waals surface area contributed by atoms with Crippen molar-refractivity contribution >= 4 is 116 Å². The second-order valence-electron chi connectivity index (χ2n) is 11.7. The van der Waals surface area contributed by atoms with Gasteiger partial charge < -0.3 is 0 Å². The van der Waals surface area contributed by atoms with Crippen LogP contribution in [-0.2, 0) is 6.42 Å². The monoisotopic (exact) mass is 738 g/mol. The van der Waals surface area contributed by atoms with E-state index in [1.54, 1.807) is 10.3 Å². The van der Waals surface area contributed by atoms with E-state index in [0.29, 0.717) is 0 Å². The zero-order valence-electron chi connectivity index (χ0n) is 24.7. The fourth-order valence-corrected chi connectivity index (χ4v) is 13.6. The maximum absolute atomic E-state index is 3.98. The normalized spacial score (nSPS) is 12.3. The molecule has 4 heterocycles.